The highest BCUT2D eigenvalue weighted by molar-refractivity contribution is 5.97. The van der Waals surface area contributed by atoms with Gasteiger partial charge in [-0.25, -0.2) is 0 Å². The highest BCUT2D eigenvalue weighted by Gasteiger charge is 2.48. The van der Waals surface area contributed by atoms with E-state index in [1.54, 1.807) is 19.0 Å². The van der Waals surface area contributed by atoms with Gasteiger partial charge in [0, 0.05) is 11.8 Å². The fourth-order valence-electron chi connectivity index (χ4n) is 5.89. The zero-order chi connectivity index (χ0) is 36.1. The van der Waals surface area contributed by atoms with Crippen LogP contribution in [0.1, 0.15) is 77.8 Å². The van der Waals surface area contributed by atoms with Crippen LogP contribution in [-0.4, -0.2) is 79.1 Å². The molecular formula is C39H57N5O5. The summed E-state index contributed by atoms with van der Waals surface area (Å²) in [7, 11) is 3.55. The second kappa shape index (κ2) is 18.6. The number of carbonyl (C=O) groups is 5. The number of Topliss-reactive ketones (excluding diaryl/α,β-unsaturated/α-hetero) is 1. The van der Waals surface area contributed by atoms with E-state index in [1.165, 1.54) is 0 Å². The predicted octanol–water partition coefficient (Wildman–Crippen LogP) is 3.82. The van der Waals surface area contributed by atoms with Gasteiger partial charge in [-0.05, 0) is 75.6 Å². The molecule has 0 bridgehead atoms. The molecule has 0 radical (unpaired) electrons. The van der Waals surface area contributed by atoms with E-state index in [0.29, 0.717) is 25.7 Å². The number of nitrogens with one attached hydrogen (secondary N) is 4. The minimum absolute atomic E-state index is 0.0298. The molecule has 0 aromatic heterocycles. The minimum atomic E-state index is -0.982. The van der Waals surface area contributed by atoms with Crippen LogP contribution in [0, 0.1) is 17.3 Å². The van der Waals surface area contributed by atoms with E-state index < -0.39 is 47.3 Å². The number of carbonyl (C=O) groups excluding carboxylic acids is 5. The van der Waals surface area contributed by atoms with Crippen LogP contribution >= 0.6 is 0 Å². The molecule has 0 heterocycles. The Kier molecular flexibility index (Phi) is 15.0. The van der Waals surface area contributed by atoms with Crippen molar-refractivity contribution in [3.05, 3.63) is 71.8 Å². The number of hydrogen-bond donors (Lipinski definition) is 4. The molecule has 49 heavy (non-hydrogen) atoms. The van der Waals surface area contributed by atoms with Gasteiger partial charge in [-0.2, -0.15) is 0 Å². The lowest BCUT2D eigenvalue weighted by atomic mass is 9.91. The monoisotopic (exact) mass is 675 g/mol. The topological polar surface area (TPSA) is 137 Å². The molecule has 0 unspecified atom stereocenters. The minimum Gasteiger partial charge on any atom is -0.344 e. The number of amides is 4. The summed E-state index contributed by atoms with van der Waals surface area (Å²) in [5.74, 6) is -1.45. The molecule has 1 fully saturated rings. The fourth-order valence-corrected chi connectivity index (χ4v) is 5.89. The van der Waals surface area contributed by atoms with Crippen molar-refractivity contribution in [3.63, 3.8) is 0 Å². The lowest BCUT2D eigenvalue weighted by Crippen LogP contribution is -2.59. The highest BCUT2D eigenvalue weighted by atomic mass is 16.2. The van der Waals surface area contributed by atoms with Crippen LogP contribution in [-0.2, 0) is 36.8 Å². The van der Waals surface area contributed by atoms with E-state index in [2.05, 4.69) is 21.3 Å². The van der Waals surface area contributed by atoms with Gasteiger partial charge in [0.05, 0.1) is 12.6 Å². The molecular weight excluding hydrogens is 618 g/mol. The van der Waals surface area contributed by atoms with Crippen molar-refractivity contribution in [1.82, 2.24) is 26.2 Å². The standard InChI is InChI=1S/C39H57N5O5/c1-26(2)22-31(35(46)39(5)20-21-39)41-38(49)33(24-29-16-12-9-13-17-29)43-37(48)32(23-27(3)4)42-36(47)30(40-34(45)25-44(6)7)19-18-28-14-10-8-11-15-28/h8-17,26-27,30-33H,18-25H2,1-7H3,(H,40,45)(H,41,49)(H,42,47)(H,43,48)/t30-,31-,32-,33-/m0/s1. The third kappa shape index (κ3) is 13.4. The van der Waals surface area contributed by atoms with E-state index in [-0.39, 0.29) is 36.5 Å². The van der Waals surface area contributed by atoms with Gasteiger partial charge in [0.2, 0.25) is 23.6 Å². The largest absolute Gasteiger partial charge is 0.344 e. The Balaban J connectivity index is 1.82. The number of benzene rings is 2. The van der Waals surface area contributed by atoms with Crippen LogP contribution in [0.5, 0.6) is 0 Å². The Hall–Kier alpha value is -4.05. The SMILES string of the molecule is CC(C)C[C@H](NC(=O)[C@H](CCc1ccccc1)NC(=O)CN(C)C)C(=O)N[C@@H](Cc1ccccc1)C(=O)N[C@@H](CC(C)C)C(=O)C1(C)CC1. The third-order valence-corrected chi connectivity index (χ3v) is 8.87. The Morgan fingerprint density at radius 3 is 1.65 bits per heavy atom. The van der Waals surface area contributed by atoms with Gasteiger partial charge < -0.3 is 26.2 Å². The molecule has 1 aliphatic rings. The van der Waals surface area contributed by atoms with Crippen molar-refractivity contribution in [2.24, 2.45) is 17.3 Å². The molecule has 1 aliphatic carbocycles. The molecule has 4 N–H and O–H groups in total. The summed E-state index contributed by atoms with van der Waals surface area (Å²) in [6.45, 7) is 9.98. The Bertz CT molecular complexity index is 1390. The maximum absolute atomic E-state index is 14.0. The Labute approximate surface area is 292 Å². The number of ketones is 1. The summed E-state index contributed by atoms with van der Waals surface area (Å²) in [6.07, 6.45) is 3.53. The van der Waals surface area contributed by atoms with Crippen molar-refractivity contribution in [2.45, 2.75) is 104 Å². The molecule has 0 saturated heterocycles. The first-order valence-electron chi connectivity index (χ1n) is 17.6. The molecule has 0 spiro atoms. The summed E-state index contributed by atoms with van der Waals surface area (Å²) in [5.41, 5.74) is 1.45. The summed E-state index contributed by atoms with van der Waals surface area (Å²) in [4.78, 5) is 69.6. The van der Waals surface area contributed by atoms with Crippen molar-refractivity contribution in [3.8, 4) is 0 Å². The summed E-state index contributed by atoms with van der Waals surface area (Å²) < 4.78 is 0. The molecule has 2 aromatic carbocycles. The van der Waals surface area contributed by atoms with Gasteiger partial charge in [0.25, 0.3) is 0 Å². The first kappa shape index (κ1) is 39.4. The summed E-state index contributed by atoms with van der Waals surface area (Å²) in [6, 6.07) is 15.6. The van der Waals surface area contributed by atoms with Gasteiger partial charge in [-0.1, -0.05) is 95.3 Å². The normalized spacial score (nSPS) is 16.0. The predicted molar refractivity (Wildman–Crippen MR) is 192 cm³/mol. The average molecular weight is 676 g/mol. The first-order chi connectivity index (χ1) is 23.2. The van der Waals surface area contributed by atoms with Gasteiger partial charge in [-0.15, -0.1) is 0 Å². The van der Waals surface area contributed by atoms with Crippen molar-refractivity contribution in [1.29, 1.82) is 0 Å². The smallest absolute Gasteiger partial charge is 0.243 e. The first-order valence-corrected chi connectivity index (χ1v) is 17.6. The van der Waals surface area contributed by atoms with Crippen molar-refractivity contribution < 1.29 is 24.0 Å². The Morgan fingerprint density at radius 1 is 0.653 bits per heavy atom. The maximum Gasteiger partial charge on any atom is 0.243 e. The molecule has 3 rings (SSSR count). The molecule has 0 aliphatic heterocycles. The second-order valence-corrected chi connectivity index (χ2v) is 14.9. The number of likely N-dealkylation sites (N-methyl/N-ethyl adjacent to an activating group) is 1. The van der Waals surface area contributed by atoms with E-state index in [1.807, 2.05) is 95.3 Å². The quantitative estimate of drug-likeness (QED) is 0.169. The fraction of sp³-hybridized carbons (Fsp3) is 0.564. The molecule has 268 valence electrons. The number of hydrogen-bond acceptors (Lipinski definition) is 6. The second-order valence-electron chi connectivity index (χ2n) is 14.9. The molecule has 1 saturated carbocycles. The average Bonchev–Trinajstić information content (AvgIpc) is 3.79. The van der Waals surface area contributed by atoms with Gasteiger partial charge in [0.15, 0.2) is 5.78 Å². The van der Waals surface area contributed by atoms with Crippen LogP contribution in [0.4, 0.5) is 0 Å². The van der Waals surface area contributed by atoms with Crippen LogP contribution in [0.25, 0.3) is 0 Å². The number of aryl methyl sites for hydroxylation is 1. The van der Waals surface area contributed by atoms with E-state index >= 15 is 0 Å². The van der Waals surface area contributed by atoms with Crippen molar-refractivity contribution in [2.75, 3.05) is 20.6 Å². The molecule has 10 nitrogen and oxygen atoms in total. The molecule has 2 aromatic rings. The zero-order valence-electron chi connectivity index (χ0n) is 30.4. The molecule has 4 amide bonds. The number of rotatable bonds is 20. The zero-order valence-corrected chi connectivity index (χ0v) is 30.4. The lowest BCUT2D eigenvalue weighted by Gasteiger charge is -2.28. The number of nitrogens with zero attached hydrogens (tertiary/aromatic N) is 1. The third-order valence-electron chi connectivity index (χ3n) is 8.87. The van der Waals surface area contributed by atoms with Crippen LogP contribution in [0.2, 0.25) is 0 Å². The van der Waals surface area contributed by atoms with E-state index in [9.17, 15) is 24.0 Å². The van der Waals surface area contributed by atoms with E-state index in [4.69, 9.17) is 0 Å². The van der Waals surface area contributed by atoms with Gasteiger partial charge >= 0.3 is 0 Å². The molecule has 4 atom stereocenters. The van der Waals surface area contributed by atoms with Crippen LogP contribution < -0.4 is 21.3 Å². The van der Waals surface area contributed by atoms with Crippen LogP contribution in [0.3, 0.4) is 0 Å². The molecule has 10 heteroatoms. The van der Waals surface area contributed by atoms with Gasteiger partial charge in [-0.3, -0.25) is 24.0 Å². The van der Waals surface area contributed by atoms with Gasteiger partial charge in [0.1, 0.15) is 18.1 Å². The summed E-state index contributed by atoms with van der Waals surface area (Å²) in [5, 5.41) is 11.7. The highest BCUT2D eigenvalue weighted by Crippen LogP contribution is 2.47. The maximum atomic E-state index is 14.0. The lowest BCUT2D eigenvalue weighted by molar-refractivity contribution is -0.135. The van der Waals surface area contributed by atoms with E-state index in [0.717, 1.165) is 24.0 Å². The summed E-state index contributed by atoms with van der Waals surface area (Å²) >= 11 is 0. The van der Waals surface area contributed by atoms with Crippen LogP contribution in [0.15, 0.2) is 60.7 Å². The van der Waals surface area contributed by atoms with Crippen molar-refractivity contribution >= 4 is 29.4 Å². The Morgan fingerprint density at radius 2 is 1.12 bits per heavy atom.